The van der Waals surface area contributed by atoms with Gasteiger partial charge >= 0.3 is 12.2 Å². The van der Waals surface area contributed by atoms with Crippen molar-refractivity contribution < 1.29 is 19.1 Å². The van der Waals surface area contributed by atoms with E-state index in [9.17, 15) is 9.59 Å². The minimum Gasteiger partial charge on any atom is -0.444 e. The fourth-order valence-corrected chi connectivity index (χ4v) is 0.901. The molecule has 0 aliphatic rings. The lowest BCUT2D eigenvalue weighted by molar-refractivity contribution is 0.0562. The number of amides is 2. The lowest BCUT2D eigenvalue weighted by Gasteiger charge is -2.20. The SMILES string of the molecule is C/C(=N\C(=O)OC(C)(C)C)NC(=O)OC(C)(C)C. The predicted molar refractivity (Wildman–Crippen MR) is 68.7 cm³/mol. The largest absolute Gasteiger partial charge is 0.444 e. The highest BCUT2D eigenvalue weighted by Gasteiger charge is 2.18. The maximum Gasteiger partial charge on any atom is 0.435 e. The summed E-state index contributed by atoms with van der Waals surface area (Å²) in [7, 11) is 0. The van der Waals surface area contributed by atoms with E-state index in [2.05, 4.69) is 10.3 Å². The molecule has 0 radical (unpaired) electrons. The van der Waals surface area contributed by atoms with Crippen molar-refractivity contribution in [2.45, 2.75) is 59.7 Å². The molecule has 0 aliphatic carbocycles. The Morgan fingerprint density at radius 1 is 0.944 bits per heavy atom. The minimum atomic E-state index is -0.754. The first-order valence-electron chi connectivity index (χ1n) is 5.67. The fraction of sp³-hybridized carbons (Fsp3) is 0.750. The van der Waals surface area contributed by atoms with Crippen LogP contribution in [0.1, 0.15) is 48.5 Å². The molecule has 0 aromatic rings. The van der Waals surface area contributed by atoms with Crippen molar-refractivity contribution in [3.8, 4) is 0 Å². The first kappa shape index (κ1) is 16.4. The summed E-state index contributed by atoms with van der Waals surface area (Å²) in [6.45, 7) is 11.9. The Hall–Kier alpha value is -1.59. The first-order chi connectivity index (χ1) is 7.89. The number of aliphatic imine (C=N–C) groups is 1. The zero-order chi connectivity index (χ0) is 14.6. The molecule has 6 nitrogen and oxygen atoms in total. The number of rotatable bonds is 0. The van der Waals surface area contributed by atoms with E-state index in [4.69, 9.17) is 9.47 Å². The van der Waals surface area contributed by atoms with Gasteiger partial charge < -0.3 is 9.47 Å². The Kier molecular flexibility index (Phi) is 5.32. The van der Waals surface area contributed by atoms with E-state index in [0.29, 0.717) is 0 Å². The Labute approximate surface area is 108 Å². The van der Waals surface area contributed by atoms with Crippen molar-refractivity contribution in [2.24, 2.45) is 4.99 Å². The number of nitrogens with zero attached hydrogens (tertiary/aromatic N) is 1. The molecule has 0 aromatic carbocycles. The number of carbonyl (C=O) groups is 2. The van der Waals surface area contributed by atoms with Crippen LogP contribution >= 0.6 is 0 Å². The highest BCUT2D eigenvalue weighted by atomic mass is 16.6. The van der Waals surface area contributed by atoms with Crippen molar-refractivity contribution >= 4 is 18.0 Å². The van der Waals surface area contributed by atoms with Gasteiger partial charge in [-0.15, -0.1) is 0 Å². The van der Waals surface area contributed by atoms with E-state index in [1.54, 1.807) is 41.5 Å². The van der Waals surface area contributed by atoms with Crippen LogP contribution in [0.25, 0.3) is 0 Å². The molecule has 0 unspecified atom stereocenters. The number of nitrogens with one attached hydrogen (secondary N) is 1. The summed E-state index contributed by atoms with van der Waals surface area (Å²) in [5.41, 5.74) is -1.22. The number of hydrogen-bond donors (Lipinski definition) is 1. The molecule has 1 N–H and O–H groups in total. The molecule has 0 saturated carbocycles. The fourth-order valence-electron chi connectivity index (χ4n) is 0.901. The van der Waals surface area contributed by atoms with E-state index in [1.165, 1.54) is 6.92 Å². The quantitative estimate of drug-likeness (QED) is 0.535. The summed E-state index contributed by atoms with van der Waals surface area (Å²) >= 11 is 0. The molecule has 0 heterocycles. The lowest BCUT2D eigenvalue weighted by atomic mass is 10.2. The molecule has 0 aliphatic heterocycles. The van der Waals surface area contributed by atoms with Crippen LogP contribution in [0.2, 0.25) is 0 Å². The monoisotopic (exact) mass is 258 g/mol. The second-order valence-electron chi connectivity index (χ2n) is 5.80. The number of alkyl carbamates (subject to hydrolysis) is 1. The Balaban J connectivity index is 4.36. The molecule has 0 bridgehead atoms. The summed E-state index contributed by atoms with van der Waals surface area (Å²) in [4.78, 5) is 26.3. The molecule has 0 fully saturated rings. The molecule has 0 atom stereocenters. The van der Waals surface area contributed by atoms with Gasteiger partial charge in [0.1, 0.15) is 17.0 Å². The number of ether oxygens (including phenoxy) is 2. The first-order valence-corrected chi connectivity index (χ1v) is 5.67. The van der Waals surface area contributed by atoms with Crippen LogP contribution in [0.4, 0.5) is 9.59 Å². The summed E-state index contributed by atoms with van der Waals surface area (Å²) in [6, 6.07) is 0. The van der Waals surface area contributed by atoms with Gasteiger partial charge in [0.05, 0.1) is 0 Å². The average Bonchev–Trinajstić information content (AvgIpc) is 1.92. The minimum absolute atomic E-state index is 0.124. The van der Waals surface area contributed by atoms with Crippen LogP contribution < -0.4 is 5.32 Å². The van der Waals surface area contributed by atoms with Crippen molar-refractivity contribution in [1.82, 2.24) is 5.32 Å². The third-order valence-electron chi connectivity index (χ3n) is 1.33. The number of hydrogen-bond acceptors (Lipinski definition) is 4. The number of amidine groups is 1. The molecule has 18 heavy (non-hydrogen) atoms. The van der Waals surface area contributed by atoms with Crippen LogP contribution in [-0.4, -0.2) is 29.2 Å². The van der Waals surface area contributed by atoms with Crippen molar-refractivity contribution in [3.05, 3.63) is 0 Å². The number of carbonyl (C=O) groups excluding carboxylic acids is 2. The van der Waals surface area contributed by atoms with Crippen LogP contribution in [0.15, 0.2) is 4.99 Å². The molecular weight excluding hydrogens is 236 g/mol. The van der Waals surface area contributed by atoms with Crippen LogP contribution in [0.3, 0.4) is 0 Å². The second-order valence-corrected chi connectivity index (χ2v) is 5.80. The van der Waals surface area contributed by atoms with Gasteiger partial charge in [-0.05, 0) is 48.5 Å². The second kappa shape index (κ2) is 5.84. The maximum absolute atomic E-state index is 11.4. The smallest absolute Gasteiger partial charge is 0.435 e. The molecule has 0 saturated heterocycles. The average molecular weight is 258 g/mol. The van der Waals surface area contributed by atoms with E-state index >= 15 is 0 Å². The van der Waals surface area contributed by atoms with E-state index in [0.717, 1.165) is 0 Å². The molecule has 0 aromatic heterocycles. The third kappa shape index (κ3) is 9.62. The van der Waals surface area contributed by atoms with Gasteiger partial charge in [-0.2, -0.15) is 4.99 Å². The third-order valence-corrected chi connectivity index (χ3v) is 1.33. The highest BCUT2D eigenvalue weighted by Crippen LogP contribution is 2.08. The van der Waals surface area contributed by atoms with Crippen molar-refractivity contribution in [2.75, 3.05) is 0 Å². The van der Waals surface area contributed by atoms with Gasteiger partial charge in [0, 0.05) is 0 Å². The zero-order valence-corrected chi connectivity index (χ0v) is 12.1. The van der Waals surface area contributed by atoms with Gasteiger partial charge in [-0.1, -0.05) is 0 Å². The standard InChI is InChI=1S/C12H22N2O4/c1-8(13-9(15)17-11(2,3)4)14-10(16)18-12(5,6)7/h1-7H3,(H,13,14,15,16). The van der Waals surface area contributed by atoms with Crippen LogP contribution in [0, 0.1) is 0 Å². The molecule has 0 spiro atoms. The zero-order valence-electron chi connectivity index (χ0n) is 12.1. The van der Waals surface area contributed by atoms with Gasteiger partial charge in [0.15, 0.2) is 0 Å². The Morgan fingerprint density at radius 2 is 1.39 bits per heavy atom. The molecule has 2 amide bonds. The molecular formula is C12H22N2O4. The van der Waals surface area contributed by atoms with Gasteiger partial charge in [-0.25, -0.2) is 9.59 Å². The molecule has 0 rings (SSSR count). The molecule has 6 heteroatoms. The van der Waals surface area contributed by atoms with Gasteiger partial charge in [0.25, 0.3) is 0 Å². The van der Waals surface area contributed by atoms with Crippen molar-refractivity contribution in [3.63, 3.8) is 0 Å². The Bertz CT molecular complexity index is 348. The summed E-state index contributed by atoms with van der Waals surface area (Å²) < 4.78 is 9.98. The van der Waals surface area contributed by atoms with Gasteiger partial charge in [-0.3, -0.25) is 5.32 Å². The van der Waals surface area contributed by atoms with E-state index in [1.807, 2.05) is 0 Å². The lowest BCUT2D eigenvalue weighted by Crippen LogP contribution is -2.35. The topological polar surface area (TPSA) is 77.0 Å². The summed E-state index contributed by atoms with van der Waals surface area (Å²) in [6.07, 6.45) is -1.41. The Morgan fingerprint density at radius 3 is 1.78 bits per heavy atom. The predicted octanol–water partition coefficient (Wildman–Crippen LogP) is 2.86. The molecule has 104 valence electrons. The van der Waals surface area contributed by atoms with Crippen LogP contribution in [0.5, 0.6) is 0 Å². The van der Waals surface area contributed by atoms with Crippen molar-refractivity contribution in [1.29, 1.82) is 0 Å². The normalized spacial score (nSPS) is 12.9. The van der Waals surface area contributed by atoms with E-state index < -0.39 is 23.4 Å². The van der Waals surface area contributed by atoms with Crippen LogP contribution in [-0.2, 0) is 9.47 Å². The maximum atomic E-state index is 11.4. The van der Waals surface area contributed by atoms with E-state index in [-0.39, 0.29) is 5.84 Å². The summed E-state index contributed by atoms with van der Waals surface area (Å²) in [5.74, 6) is 0.124. The van der Waals surface area contributed by atoms with Gasteiger partial charge in [0.2, 0.25) is 0 Å². The highest BCUT2D eigenvalue weighted by molar-refractivity contribution is 5.98. The summed E-state index contributed by atoms with van der Waals surface area (Å²) in [5, 5.41) is 2.34.